The first-order valence-electron chi connectivity index (χ1n) is 4.90. The highest BCUT2D eigenvalue weighted by Gasteiger charge is 2.62. The largest absolute Gasteiger partial charge is 0.381 e. The fraction of sp³-hybridized carbons (Fsp3) is 1.00. The topological polar surface area (TPSA) is 74.2 Å². The lowest BCUT2D eigenvalue weighted by Gasteiger charge is -2.43. The molecule has 2 radical (unpaired) electrons. The number of hydrogen-bond donors (Lipinski definition) is 1. The van der Waals surface area contributed by atoms with Crippen molar-refractivity contribution in [3.63, 3.8) is 0 Å². The lowest BCUT2D eigenvalue weighted by molar-refractivity contribution is -0.241. The third-order valence-electron chi connectivity index (χ3n) is 2.72. The monoisotopic (exact) mass is 248 g/mol. The summed E-state index contributed by atoms with van der Waals surface area (Å²) in [6.07, 6.45) is -1.17. The Kier molecular flexibility index (Phi) is 3.20. The molecule has 8 heteroatoms. The van der Waals surface area contributed by atoms with Crippen LogP contribution >= 0.6 is 7.60 Å². The van der Waals surface area contributed by atoms with E-state index in [1.54, 1.807) is 7.11 Å². The van der Waals surface area contributed by atoms with Crippen LogP contribution in [0.5, 0.6) is 0 Å². The Morgan fingerprint density at radius 1 is 1.69 bits per heavy atom. The van der Waals surface area contributed by atoms with Crippen molar-refractivity contribution >= 4 is 15.4 Å². The average Bonchev–Trinajstić information content (AvgIpc) is 2.26. The van der Waals surface area contributed by atoms with Gasteiger partial charge in [-0.15, -0.1) is 0 Å². The van der Waals surface area contributed by atoms with Crippen LogP contribution in [-0.2, 0) is 23.3 Å². The van der Waals surface area contributed by atoms with Crippen LogP contribution in [0.2, 0.25) is 0 Å². The van der Waals surface area contributed by atoms with Crippen LogP contribution in [0.1, 0.15) is 0 Å². The fourth-order valence-electron chi connectivity index (χ4n) is 2.11. The summed E-state index contributed by atoms with van der Waals surface area (Å²) < 4.78 is 32.0. The van der Waals surface area contributed by atoms with Gasteiger partial charge in [0.1, 0.15) is 25.7 Å². The lowest BCUT2D eigenvalue weighted by Crippen LogP contribution is -2.61. The second-order valence-electron chi connectivity index (χ2n) is 4.18. The SMILES string of the molecule is [B][C@@H]1O[C@@]2(COC)COC2C1OP(C)(=O)O. The molecule has 16 heavy (non-hydrogen) atoms. The van der Waals surface area contributed by atoms with Crippen LogP contribution in [-0.4, -0.2) is 63.5 Å². The van der Waals surface area contributed by atoms with E-state index in [2.05, 4.69) is 0 Å². The second kappa shape index (κ2) is 4.08. The van der Waals surface area contributed by atoms with Crippen molar-refractivity contribution in [2.24, 2.45) is 0 Å². The van der Waals surface area contributed by atoms with Gasteiger partial charge in [-0.3, -0.25) is 4.57 Å². The predicted molar refractivity (Wildman–Crippen MR) is 55.6 cm³/mol. The number of hydrogen-bond acceptors (Lipinski definition) is 5. The standard InChI is InChI=1S/C8H14BO6P/c1-12-3-8-4-13-6(8)5(7(9)14-8)15-16(2,10)11/h5-7H,3-4H2,1-2H3,(H,10,11)/t5?,6?,7-,8+/m1/s1. The van der Waals surface area contributed by atoms with Gasteiger partial charge in [0.15, 0.2) is 0 Å². The normalized spacial score (nSPS) is 45.8. The van der Waals surface area contributed by atoms with Crippen LogP contribution in [0.25, 0.3) is 0 Å². The molecule has 6 nitrogen and oxygen atoms in total. The zero-order valence-electron chi connectivity index (χ0n) is 9.16. The molecule has 0 bridgehead atoms. The summed E-state index contributed by atoms with van der Waals surface area (Å²) in [6, 6.07) is -0.775. The predicted octanol–water partition coefficient (Wildman–Crippen LogP) is -0.504. The van der Waals surface area contributed by atoms with Crippen LogP contribution < -0.4 is 0 Å². The molecule has 0 aliphatic carbocycles. The van der Waals surface area contributed by atoms with Crippen LogP contribution in [0.15, 0.2) is 0 Å². The summed E-state index contributed by atoms with van der Waals surface area (Å²) >= 11 is 0. The van der Waals surface area contributed by atoms with E-state index in [-0.39, 0.29) is 0 Å². The first-order valence-corrected chi connectivity index (χ1v) is 6.93. The summed E-state index contributed by atoms with van der Waals surface area (Å²) in [6.45, 7) is 1.79. The van der Waals surface area contributed by atoms with E-state index in [0.29, 0.717) is 13.2 Å². The van der Waals surface area contributed by atoms with E-state index in [4.69, 9.17) is 26.6 Å². The maximum Gasteiger partial charge on any atom is 0.325 e. The number of ether oxygens (including phenoxy) is 3. The smallest absolute Gasteiger partial charge is 0.325 e. The van der Waals surface area contributed by atoms with E-state index >= 15 is 0 Å². The van der Waals surface area contributed by atoms with Crippen LogP contribution in [0.3, 0.4) is 0 Å². The van der Waals surface area contributed by atoms with E-state index in [9.17, 15) is 9.46 Å². The highest BCUT2D eigenvalue weighted by molar-refractivity contribution is 7.51. The van der Waals surface area contributed by atoms with Gasteiger partial charge in [-0.2, -0.15) is 0 Å². The molecule has 2 rings (SSSR count). The highest BCUT2D eigenvalue weighted by atomic mass is 31.2. The molecule has 1 N–H and O–H groups in total. The van der Waals surface area contributed by atoms with Crippen molar-refractivity contribution in [3.05, 3.63) is 0 Å². The quantitative estimate of drug-likeness (QED) is 0.533. The summed E-state index contributed by atoms with van der Waals surface area (Å²) in [5.74, 6) is 0. The molecule has 2 aliphatic rings. The van der Waals surface area contributed by atoms with E-state index < -0.39 is 31.4 Å². The molecule has 2 aliphatic heterocycles. The van der Waals surface area contributed by atoms with Gasteiger partial charge >= 0.3 is 7.60 Å². The number of fused-ring (bicyclic) bond motifs is 1. The number of rotatable bonds is 4. The molecule has 0 saturated carbocycles. The summed E-state index contributed by atoms with van der Waals surface area (Å²) in [5.41, 5.74) is -0.631. The van der Waals surface area contributed by atoms with Gasteiger partial charge in [0, 0.05) is 19.8 Å². The molecular formula is C8H14BO6P. The van der Waals surface area contributed by atoms with Gasteiger partial charge in [0.05, 0.1) is 13.2 Å². The molecule has 3 unspecified atom stereocenters. The Labute approximate surface area is 95.1 Å². The molecule has 0 aromatic carbocycles. The van der Waals surface area contributed by atoms with Crippen LogP contribution in [0.4, 0.5) is 0 Å². The molecule has 0 spiro atoms. The molecule has 0 amide bonds. The van der Waals surface area contributed by atoms with E-state index in [1.807, 2.05) is 0 Å². The molecule has 2 saturated heterocycles. The van der Waals surface area contributed by atoms with E-state index in [1.165, 1.54) is 0 Å². The summed E-state index contributed by atoms with van der Waals surface area (Å²) in [4.78, 5) is 9.17. The molecule has 2 fully saturated rings. The highest BCUT2D eigenvalue weighted by Crippen LogP contribution is 2.48. The average molecular weight is 248 g/mol. The third-order valence-corrected chi connectivity index (χ3v) is 3.36. The minimum absolute atomic E-state index is 0.324. The zero-order valence-corrected chi connectivity index (χ0v) is 10.1. The van der Waals surface area contributed by atoms with Crippen molar-refractivity contribution < 1.29 is 28.2 Å². The fourth-order valence-corrected chi connectivity index (χ4v) is 2.80. The van der Waals surface area contributed by atoms with Crippen molar-refractivity contribution in [3.8, 4) is 0 Å². The Bertz CT molecular complexity index is 320. The van der Waals surface area contributed by atoms with Gasteiger partial charge < -0.3 is 23.6 Å². The molecular weight excluding hydrogens is 234 g/mol. The minimum Gasteiger partial charge on any atom is -0.381 e. The minimum atomic E-state index is -3.61. The molecule has 2 heterocycles. The van der Waals surface area contributed by atoms with E-state index in [0.717, 1.165) is 6.66 Å². The Balaban J connectivity index is 2.09. The van der Waals surface area contributed by atoms with Gasteiger partial charge in [0.2, 0.25) is 0 Å². The van der Waals surface area contributed by atoms with Gasteiger partial charge in [-0.05, 0) is 0 Å². The van der Waals surface area contributed by atoms with Gasteiger partial charge in [0.25, 0.3) is 0 Å². The maximum absolute atomic E-state index is 11.2. The lowest BCUT2D eigenvalue weighted by atomic mass is 9.86. The van der Waals surface area contributed by atoms with Crippen LogP contribution in [0, 0.1) is 0 Å². The molecule has 90 valence electrons. The molecule has 0 aromatic heterocycles. The van der Waals surface area contributed by atoms with Crippen molar-refractivity contribution in [2.75, 3.05) is 27.0 Å². The number of methoxy groups -OCH3 is 1. The Morgan fingerprint density at radius 3 is 2.81 bits per heavy atom. The first-order chi connectivity index (χ1) is 7.38. The maximum atomic E-state index is 11.2. The van der Waals surface area contributed by atoms with Crippen molar-refractivity contribution in [1.29, 1.82) is 0 Å². The molecule has 5 atom stereocenters. The second-order valence-corrected chi connectivity index (χ2v) is 6.00. The van der Waals surface area contributed by atoms with Crippen molar-refractivity contribution in [1.82, 2.24) is 0 Å². The first kappa shape index (κ1) is 12.5. The van der Waals surface area contributed by atoms with Gasteiger partial charge in [-0.25, -0.2) is 0 Å². The Morgan fingerprint density at radius 2 is 2.38 bits per heavy atom. The summed E-state index contributed by atoms with van der Waals surface area (Å²) in [7, 11) is 3.64. The third kappa shape index (κ3) is 2.08. The van der Waals surface area contributed by atoms with Crippen molar-refractivity contribution in [2.45, 2.75) is 23.8 Å². The molecule has 0 aromatic rings. The summed E-state index contributed by atoms with van der Waals surface area (Å²) in [5, 5.41) is 0. The zero-order chi connectivity index (χ0) is 12.0. The van der Waals surface area contributed by atoms with Gasteiger partial charge in [-0.1, -0.05) is 0 Å². The Hall–Kier alpha value is 0.0949.